The normalized spacial score (nSPS) is 17.1. The number of aryl methyl sites for hydroxylation is 1. The molecule has 0 bridgehead atoms. The van der Waals surface area contributed by atoms with Crippen LogP contribution in [0.3, 0.4) is 0 Å². The molecule has 0 radical (unpaired) electrons. The first-order valence-corrected chi connectivity index (χ1v) is 10.6. The summed E-state index contributed by atoms with van der Waals surface area (Å²) in [5.74, 6) is -0.0675. The van der Waals surface area contributed by atoms with Crippen LogP contribution in [0.2, 0.25) is 0 Å². The molecular formula is C23H27N5O2. The second kappa shape index (κ2) is 9.63. The largest absolute Gasteiger partial charge is 0.354 e. The van der Waals surface area contributed by atoms with Crippen LogP contribution in [0.25, 0.3) is 10.9 Å². The maximum absolute atomic E-state index is 12.5. The number of carbonyl (C=O) groups excluding carboxylic acids is 1. The van der Waals surface area contributed by atoms with Crippen molar-refractivity contribution in [3.8, 4) is 0 Å². The number of aromatic nitrogens is 3. The molecule has 1 N–H and O–H groups in total. The van der Waals surface area contributed by atoms with Crippen LogP contribution in [-0.4, -0.2) is 44.9 Å². The molecule has 1 atom stereocenters. The quantitative estimate of drug-likeness (QED) is 0.653. The molecule has 2 heterocycles. The maximum Gasteiger partial charge on any atom is 0.277 e. The van der Waals surface area contributed by atoms with Gasteiger partial charge in [0.2, 0.25) is 5.91 Å². The Labute approximate surface area is 175 Å². The average molecular weight is 406 g/mol. The van der Waals surface area contributed by atoms with Gasteiger partial charge in [-0.1, -0.05) is 54.1 Å². The maximum atomic E-state index is 12.5. The first-order chi connectivity index (χ1) is 14.7. The molecule has 1 amide bonds. The van der Waals surface area contributed by atoms with Crippen molar-refractivity contribution in [3.05, 3.63) is 70.5 Å². The fourth-order valence-corrected chi connectivity index (χ4v) is 4.01. The number of hydrogen-bond donors (Lipinski definition) is 1. The summed E-state index contributed by atoms with van der Waals surface area (Å²) in [6.45, 7) is 2.81. The van der Waals surface area contributed by atoms with Gasteiger partial charge >= 0.3 is 0 Å². The lowest BCUT2D eigenvalue weighted by Crippen LogP contribution is -2.46. The van der Waals surface area contributed by atoms with E-state index in [0.717, 1.165) is 19.5 Å². The number of rotatable bonds is 7. The van der Waals surface area contributed by atoms with Crippen molar-refractivity contribution >= 4 is 16.8 Å². The van der Waals surface area contributed by atoms with Gasteiger partial charge in [-0.15, -0.1) is 5.10 Å². The summed E-state index contributed by atoms with van der Waals surface area (Å²) in [4.78, 5) is 27.3. The SMILES string of the molecule is O=C(CCn1nnc2ccccc2c1=O)NCC1CCCCN1Cc1ccccc1. The van der Waals surface area contributed by atoms with Crippen molar-refractivity contribution in [1.82, 2.24) is 25.2 Å². The van der Waals surface area contributed by atoms with Crippen LogP contribution in [0.4, 0.5) is 0 Å². The van der Waals surface area contributed by atoms with Gasteiger partial charge in [-0.05, 0) is 37.1 Å². The van der Waals surface area contributed by atoms with E-state index in [2.05, 4.69) is 44.8 Å². The Bertz CT molecular complexity index is 1050. The Morgan fingerprint density at radius 3 is 2.73 bits per heavy atom. The number of carbonyl (C=O) groups is 1. The fourth-order valence-electron chi connectivity index (χ4n) is 4.01. The van der Waals surface area contributed by atoms with E-state index >= 15 is 0 Å². The van der Waals surface area contributed by atoms with Crippen LogP contribution < -0.4 is 10.9 Å². The van der Waals surface area contributed by atoms with E-state index in [1.807, 2.05) is 12.1 Å². The van der Waals surface area contributed by atoms with E-state index in [0.29, 0.717) is 23.5 Å². The van der Waals surface area contributed by atoms with Gasteiger partial charge < -0.3 is 5.32 Å². The highest BCUT2D eigenvalue weighted by Crippen LogP contribution is 2.19. The molecular weight excluding hydrogens is 378 g/mol. The number of nitrogens with zero attached hydrogens (tertiary/aromatic N) is 4. The molecule has 7 nitrogen and oxygen atoms in total. The van der Waals surface area contributed by atoms with Crippen molar-refractivity contribution in [2.45, 2.75) is 44.8 Å². The van der Waals surface area contributed by atoms with Gasteiger partial charge in [-0.2, -0.15) is 0 Å². The second-order valence-electron chi connectivity index (χ2n) is 7.79. The van der Waals surface area contributed by atoms with Crippen molar-refractivity contribution in [2.75, 3.05) is 13.1 Å². The molecule has 2 aromatic carbocycles. The first kappa shape index (κ1) is 20.2. The molecule has 0 saturated carbocycles. The molecule has 1 unspecified atom stereocenters. The van der Waals surface area contributed by atoms with Gasteiger partial charge in [0.25, 0.3) is 5.56 Å². The molecule has 156 valence electrons. The minimum absolute atomic E-state index is 0.0675. The Morgan fingerprint density at radius 2 is 1.87 bits per heavy atom. The Hall–Kier alpha value is -3.06. The Balaban J connectivity index is 1.30. The third-order valence-electron chi connectivity index (χ3n) is 5.69. The van der Waals surface area contributed by atoms with E-state index in [1.165, 1.54) is 23.1 Å². The highest BCUT2D eigenvalue weighted by molar-refractivity contribution is 5.77. The van der Waals surface area contributed by atoms with E-state index in [4.69, 9.17) is 0 Å². The predicted octanol–water partition coefficient (Wildman–Crippen LogP) is 2.35. The minimum Gasteiger partial charge on any atom is -0.354 e. The molecule has 30 heavy (non-hydrogen) atoms. The number of hydrogen-bond acceptors (Lipinski definition) is 5. The standard InChI is InChI=1S/C23H27N5O2/c29-22(13-15-28-23(30)20-11-4-5-12-21(20)25-26-28)24-16-19-10-6-7-14-27(19)17-18-8-2-1-3-9-18/h1-5,8-9,11-12,19H,6-7,10,13-17H2,(H,24,29). The predicted molar refractivity (Wildman–Crippen MR) is 116 cm³/mol. The van der Waals surface area contributed by atoms with Gasteiger partial charge in [0, 0.05) is 25.6 Å². The van der Waals surface area contributed by atoms with Crippen LogP contribution in [0.15, 0.2) is 59.4 Å². The van der Waals surface area contributed by atoms with E-state index in [1.54, 1.807) is 18.2 Å². The molecule has 1 aliphatic rings. The van der Waals surface area contributed by atoms with Crippen LogP contribution in [0.1, 0.15) is 31.2 Å². The van der Waals surface area contributed by atoms with Crippen molar-refractivity contribution in [1.29, 1.82) is 0 Å². The molecule has 3 aromatic rings. The van der Waals surface area contributed by atoms with Crippen LogP contribution in [-0.2, 0) is 17.9 Å². The van der Waals surface area contributed by atoms with Crippen molar-refractivity contribution in [3.63, 3.8) is 0 Å². The van der Waals surface area contributed by atoms with Crippen LogP contribution in [0, 0.1) is 0 Å². The molecule has 1 aromatic heterocycles. The van der Waals surface area contributed by atoms with E-state index in [-0.39, 0.29) is 24.4 Å². The number of nitrogens with one attached hydrogen (secondary N) is 1. The van der Waals surface area contributed by atoms with E-state index < -0.39 is 0 Å². The van der Waals surface area contributed by atoms with E-state index in [9.17, 15) is 9.59 Å². The molecule has 7 heteroatoms. The number of amides is 1. The number of benzene rings is 2. The molecule has 1 saturated heterocycles. The highest BCUT2D eigenvalue weighted by Gasteiger charge is 2.22. The summed E-state index contributed by atoms with van der Waals surface area (Å²) in [5, 5.41) is 11.6. The zero-order valence-corrected chi connectivity index (χ0v) is 17.0. The molecule has 0 aliphatic carbocycles. The summed E-state index contributed by atoms with van der Waals surface area (Å²) in [6.07, 6.45) is 3.68. The van der Waals surface area contributed by atoms with Crippen molar-refractivity contribution < 1.29 is 4.79 Å². The lowest BCUT2D eigenvalue weighted by atomic mass is 10.0. The zero-order chi connectivity index (χ0) is 20.8. The lowest BCUT2D eigenvalue weighted by molar-refractivity contribution is -0.121. The van der Waals surface area contributed by atoms with Crippen LogP contribution in [0.5, 0.6) is 0 Å². The molecule has 0 spiro atoms. The van der Waals surface area contributed by atoms with Crippen LogP contribution >= 0.6 is 0 Å². The zero-order valence-electron chi connectivity index (χ0n) is 17.0. The Morgan fingerprint density at radius 1 is 1.07 bits per heavy atom. The lowest BCUT2D eigenvalue weighted by Gasteiger charge is -2.36. The summed E-state index contributed by atoms with van der Waals surface area (Å²) in [7, 11) is 0. The van der Waals surface area contributed by atoms with Gasteiger partial charge in [-0.3, -0.25) is 14.5 Å². The number of likely N-dealkylation sites (tertiary alicyclic amines) is 1. The summed E-state index contributed by atoms with van der Waals surface area (Å²) in [6, 6.07) is 17.9. The van der Waals surface area contributed by atoms with Gasteiger partial charge in [-0.25, -0.2) is 4.68 Å². The van der Waals surface area contributed by atoms with Gasteiger partial charge in [0.1, 0.15) is 5.52 Å². The second-order valence-corrected chi connectivity index (χ2v) is 7.79. The summed E-state index contributed by atoms with van der Waals surface area (Å²) >= 11 is 0. The number of fused-ring (bicyclic) bond motifs is 1. The third-order valence-corrected chi connectivity index (χ3v) is 5.69. The summed E-state index contributed by atoms with van der Waals surface area (Å²) < 4.78 is 1.27. The number of piperidine rings is 1. The smallest absolute Gasteiger partial charge is 0.277 e. The van der Waals surface area contributed by atoms with Crippen molar-refractivity contribution in [2.24, 2.45) is 0 Å². The highest BCUT2D eigenvalue weighted by atomic mass is 16.2. The average Bonchev–Trinajstić information content (AvgIpc) is 2.79. The molecule has 1 aliphatic heterocycles. The molecule has 1 fully saturated rings. The molecule has 4 rings (SSSR count). The first-order valence-electron chi connectivity index (χ1n) is 10.6. The Kier molecular flexibility index (Phi) is 6.49. The third kappa shape index (κ3) is 4.91. The van der Waals surface area contributed by atoms with Gasteiger partial charge in [0.15, 0.2) is 0 Å². The minimum atomic E-state index is -0.213. The van der Waals surface area contributed by atoms with Gasteiger partial charge in [0.05, 0.1) is 11.9 Å². The monoisotopic (exact) mass is 405 g/mol. The fraction of sp³-hybridized carbons (Fsp3) is 0.391. The summed E-state index contributed by atoms with van der Waals surface area (Å²) in [5.41, 5.74) is 1.65. The topological polar surface area (TPSA) is 80.1 Å².